The lowest BCUT2D eigenvalue weighted by molar-refractivity contribution is 0.0688. The van der Waals surface area contributed by atoms with E-state index < -0.39 is 5.97 Å². The average molecular weight is 191 g/mol. The molecule has 0 radical (unpaired) electrons. The number of fused-ring (bicyclic) bond motifs is 1. The Hall–Kier alpha value is -2.04. The van der Waals surface area contributed by atoms with Crippen LogP contribution < -0.4 is 5.73 Å². The molecule has 0 saturated heterocycles. The predicted molar refractivity (Wildman–Crippen MR) is 51.3 cm³/mol. The van der Waals surface area contributed by atoms with Crippen LogP contribution in [-0.2, 0) is 0 Å². The predicted octanol–water partition coefficient (Wildman–Crippen LogP) is 0.923. The molecule has 2 aromatic rings. The summed E-state index contributed by atoms with van der Waals surface area (Å²) in [7, 11) is 0. The van der Waals surface area contributed by atoms with Crippen molar-refractivity contribution in [3.8, 4) is 0 Å². The molecule has 5 nitrogen and oxygen atoms in total. The van der Waals surface area contributed by atoms with Gasteiger partial charge < -0.3 is 10.8 Å². The number of nitrogens with two attached hydrogens (primary N) is 1. The van der Waals surface area contributed by atoms with E-state index in [1.165, 1.54) is 4.40 Å². The van der Waals surface area contributed by atoms with E-state index in [1.807, 2.05) is 0 Å². The number of hydrogen-bond acceptors (Lipinski definition) is 3. The van der Waals surface area contributed by atoms with Gasteiger partial charge in [0.15, 0.2) is 11.3 Å². The summed E-state index contributed by atoms with van der Waals surface area (Å²) in [5.41, 5.74) is 7.25. The molecule has 0 aromatic carbocycles. The minimum atomic E-state index is -0.999. The molecule has 0 saturated carbocycles. The monoisotopic (exact) mass is 191 g/mol. The first kappa shape index (κ1) is 8.55. The number of hydrogen-bond donors (Lipinski definition) is 2. The number of anilines is 1. The van der Waals surface area contributed by atoms with E-state index in [9.17, 15) is 4.79 Å². The maximum Gasteiger partial charge on any atom is 0.354 e. The zero-order chi connectivity index (χ0) is 10.3. The van der Waals surface area contributed by atoms with E-state index in [1.54, 1.807) is 25.3 Å². The molecule has 0 bridgehead atoms. The van der Waals surface area contributed by atoms with Crippen molar-refractivity contribution in [2.75, 3.05) is 5.73 Å². The summed E-state index contributed by atoms with van der Waals surface area (Å²) in [5, 5.41) is 8.94. The number of carboxylic acid groups (broad SMARTS) is 1. The molecule has 2 rings (SSSR count). The van der Waals surface area contributed by atoms with E-state index in [0.717, 1.165) is 0 Å². The van der Waals surface area contributed by atoms with Crippen LogP contribution in [0, 0.1) is 6.92 Å². The molecule has 0 atom stereocenters. The second-order valence-corrected chi connectivity index (χ2v) is 3.01. The molecule has 72 valence electrons. The second kappa shape index (κ2) is 2.73. The number of aromatic carboxylic acids is 1. The molecule has 0 aliphatic carbocycles. The minimum absolute atomic E-state index is 0.160. The Labute approximate surface area is 79.8 Å². The number of pyridine rings is 1. The van der Waals surface area contributed by atoms with Crippen LogP contribution in [0.4, 0.5) is 5.69 Å². The van der Waals surface area contributed by atoms with Crippen LogP contribution >= 0.6 is 0 Å². The Morgan fingerprint density at radius 2 is 2.36 bits per heavy atom. The Bertz CT molecular complexity index is 516. The van der Waals surface area contributed by atoms with Gasteiger partial charge in [-0.05, 0) is 19.1 Å². The summed E-state index contributed by atoms with van der Waals surface area (Å²) in [6.07, 6.45) is 1.63. The molecule has 0 aliphatic rings. The number of nitrogens with zero attached hydrogens (tertiary/aromatic N) is 2. The maximum absolute atomic E-state index is 10.9. The first-order chi connectivity index (χ1) is 6.61. The van der Waals surface area contributed by atoms with Gasteiger partial charge in [0, 0.05) is 6.20 Å². The quantitative estimate of drug-likeness (QED) is 0.702. The summed E-state index contributed by atoms with van der Waals surface area (Å²) >= 11 is 0. The molecule has 0 unspecified atom stereocenters. The van der Waals surface area contributed by atoms with Gasteiger partial charge in [-0.25, -0.2) is 9.78 Å². The van der Waals surface area contributed by atoms with Gasteiger partial charge in [0.1, 0.15) is 0 Å². The summed E-state index contributed by atoms with van der Waals surface area (Å²) in [5.74, 6) is -0.999. The standard InChI is InChI=1S/C9H9N3O2/c1-5-7(9(13)14)12-4-2-3-6(10)8(12)11-5/h2-4H,10H2,1H3,(H,13,14). The topological polar surface area (TPSA) is 80.6 Å². The van der Waals surface area contributed by atoms with Crippen molar-refractivity contribution in [3.05, 3.63) is 29.7 Å². The molecule has 3 N–H and O–H groups in total. The fraction of sp³-hybridized carbons (Fsp3) is 0.111. The smallest absolute Gasteiger partial charge is 0.354 e. The zero-order valence-electron chi connectivity index (χ0n) is 7.56. The highest BCUT2D eigenvalue weighted by Crippen LogP contribution is 2.16. The third-order valence-corrected chi connectivity index (χ3v) is 2.06. The maximum atomic E-state index is 10.9. The molecule has 5 heteroatoms. The first-order valence-corrected chi connectivity index (χ1v) is 4.07. The lowest BCUT2D eigenvalue weighted by Crippen LogP contribution is -2.03. The van der Waals surface area contributed by atoms with Crippen molar-refractivity contribution in [2.45, 2.75) is 6.92 Å². The van der Waals surface area contributed by atoms with Gasteiger partial charge in [0.05, 0.1) is 11.4 Å². The molecule has 0 fully saturated rings. The summed E-state index contributed by atoms with van der Waals surface area (Å²) in [6.45, 7) is 1.65. The van der Waals surface area contributed by atoms with Crippen molar-refractivity contribution in [2.24, 2.45) is 0 Å². The molecule has 14 heavy (non-hydrogen) atoms. The van der Waals surface area contributed by atoms with Crippen molar-refractivity contribution < 1.29 is 9.90 Å². The number of carbonyl (C=O) groups is 1. The van der Waals surface area contributed by atoms with E-state index in [4.69, 9.17) is 10.8 Å². The van der Waals surface area contributed by atoms with Crippen LogP contribution in [0.1, 0.15) is 16.2 Å². The highest BCUT2D eigenvalue weighted by Gasteiger charge is 2.15. The van der Waals surface area contributed by atoms with Crippen LogP contribution in [0.25, 0.3) is 5.65 Å². The number of imidazole rings is 1. The first-order valence-electron chi connectivity index (χ1n) is 4.07. The second-order valence-electron chi connectivity index (χ2n) is 3.01. The van der Waals surface area contributed by atoms with Gasteiger partial charge in [0.2, 0.25) is 0 Å². The Morgan fingerprint density at radius 1 is 1.64 bits per heavy atom. The van der Waals surface area contributed by atoms with Gasteiger partial charge in [-0.1, -0.05) is 0 Å². The number of rotatable bonds is 1. The molecule has 2 heterocycles. The summed E-state index contributed by atoms with van der Waals surface area (Å²) in [6, 6.07) is 3.38. The number of nitrogen functional groups attached to an aromatic ring is 1. The lowest BCUT2D eigenvalue weighted by atomic mass is 10.3. The summed E-state index contributed by atoms with van der Waals surface area (Å²) in [4.78, 5) is 15.0. The molecular weight excluding hydrogens is 182 g/mol. The van der Waals surface area contributed by atoms with Crippen LogP contribution in [0.3, 0.4) is 0 Å². The fourth-order valence-electron chi connectivity index (χ4n) is 1.46. The number of aryl methyl sites for hydroxylation is 1. The summed E-state index contributed by atoms with van der Waals surface area (Å²) < 4.78 is 1.48. The van der Waals surface area contributed by atoms with Crippen molar-refractivity contribution >= 4 is 17.3 Å². The zero-order valence-corrected chi connectivity index (χ0v) is 7.56. The highest BCUT2D eigenvalue weighted by molar-refractivity contribution is 5.89. The average Bonchev–Trinajstić information content (AvgIpc) is 2.42. The van der Waals surface area contributed by atoms with E-state index in [2.05, 4.69) is 4.98 Å². The largest absolute Gasteiger partial charge is 0.477 e. The van der Waals surface area contributed by atoms with Crippen molar-refractivity contribution in [1.29, 1.82) is 0 Å². The third kappa shape index (κ3) is 1.02. The van der Waals surface area contributed by atoms with Gasteiger partial charge in [-0.3, -0.25) is 4.40 Å². The highest BCUT2D eigenvalue weighted by atomic mass is 16.4. The van der Waals surface area contributed by atoms with Gasteiger partial charge >= 0.3 is 5.97 Å². The van der Waals surface area contributed by atoms with Gasteiger partial charge in [-0.2, -0.15) is 0 Å². The minimum Gasteiger partial charge on any atom is -0.477 e. The van der Waals surface area contributed by atoms with Crippen LogP contribution in [0.2, 0.25) is 0 Å². The number of aromatic nitrogens is 2. The third-order valence-electron chi connectivity index (χ3n) is 2.06. The molecular formula is C9H9N3O2. The normalized spacial score (nSPS) is 10.6. The Morgan fingerprint density at radius 3 is 3.00 bits per heavy atom. The lowest BCUT2D eigenvalue weighted by Gasteiger charge is -1.98. The van der Waals surface area contributed by atoms with Crippen LogP contribution in [0.5, 0.6) is 0 Å². The SMILES string of the molecule is Cc1nc2c(N)cccn2c1C(=O)O. The fourth-order valence-corrected chi connectivity index (χ4v) is 1.46. The van der Waals surface area contributed by atoms with Crippen molar-refractivity contribution in [3.63, 3.8) is 0 Å². The molecule has 0 aliphatic heterocycles. The Balaban J connectivity index is 2.90. The van der Waals surface area contributed by atoms with Crippen LogP contribution in [-0.4, -0.2) is 20.5 Å². The van der Waals surface area contributed by atoms with Crippen LogP contribution in [0.15, 0.2) is 18.3 Å². The van der Waals surface area contributed by atoms with Gasteiger partial charge in [-0.15, -0.1) is 0 Å². The van der Waals surface area contributed by atoms with Gasteiger partial charge in [0.25, 0.3) is 0 Å². The molecule has 2 aromatic heterocycles. The molecule has 0 amide bonds. The molecule has 0 spiro atoms. The number of carboxylic acids is 1. The van der Waals surface area contributed by atoms with Crippen molar-refractivity contribution in [1.82, 2.24) is 9.38 Å². The van der Waals surface area contributed by atoms with E-state index >= 15 is 0 Å². The van der Waals surface area contributed by atoms with E-state index in [-0.39, 0.29) is 5.69 Å². The Kier molecular flexibility index (Phi) is 1.67. The van der Waals surface area contributed by atoms with E-state index in [0.29, 0.717) is 17.0 Å².